The molecule has 0 aromatic heterocycles. The van der Waals surface area contributed by atoms with Gasteiger partial charge in [0.15, 0.2) is 0 Å². The molecule has 4 heteroatoms. The molecular weight excluding hydrogens is 324 g/mol. The van der Waals surface area contributed by atoms with E-state index in [-0.39, 0.29) is 6.04 Å². The molecular formula is C16H16BrF2N. The van der Waals surface area contributed by atoms with Crippen LogP contribution in [0.2, 0.25) is 0 Å². The largest absolute Gasteiger partial charge is 0.313 e. The molecule has 0 amide bonds. The highest BCUT2D eigenvalue weighted by atomic mass is 79.9. The van der Waals surface area contributed by atoms with Gasteiger partial charge in [-0.15, -0.1) is 0 Å². The normalized spacial score (nSPS) is 12.4. The van der Waals surface area contributed by atoms with Gasteiger partial charge in [-0.2, -0.15) is 0 Å². The molecule has 0 aliphatic heterocycles. The maximum absolute atomic E-state index is 13.2. The van der Waals surface area contributed by atoms with Crippen molar-refractivity contribution in [2.45, 2.75) is 19.4 Å². The Hall–Kier alpha value is -1.26. The molecule has 2 aromatic carbocycles. The third kappa shape index (κ3) is 3.64. The average Bonchev–Trinajstić information content (AvgIpc) is 2.38. The summed E-state index contributed by atoms with van der Waals surface area (Å²) in [5.74, 6) is -1.08. The molecule has 106 valence electrons. The zero-order chi connectivity index (χ0) is 14.7. The molecule has 1 nitrogen and oxygen atoms in total. The molecule has 2 aromatic rings. The number of rotatable bonds is 4. The van der Waals surface area contributed by atoms with Crippen molar-refractivity contribution in [3.8, 4) is 0 Å². The highest BCUT2D eigenvalue weighted by Gasteiger charge is 2.12. The van der Waals surface area contributed by atoms with Gasteiger partial charge in [0.25, 0.3) is 0 Å². The van der Waals surface area contributed by atoms with Gasteiger partial charge >= 0.3 is 0 Å². The first kappa shape index (κ1) is 15.1. The van der Waals surface area contributed by atoms with Crippen LogP contribution in [0.4, 0.5) is 8.78 Å². The second-order valence-electron chi connectivity index (χ2n) is 4.83. The molecule has 2 rings (SSSR count). The highest BCUT2D eigenvalue weighted by molar-refractivity contribution is 9.10. The maximum Gasteiger partial charge on any atom is 0.126 e. The van der Waals surface area contributed by atoms with E-state index in [4.69, 9.17) is 0 Å². The van der Waals surface area contributed by atoms with E-state index in [1.54, 1.807) is 0 Å². The van der Waals surface area contributed by atoms with E-state index in [0.717, 1.165) is 21.7 Å². The third-order valence-corrected chi connectivity index (χ3v) is 4.16. The minimum Gasteiger partial charge on any atom is -0.313 e. The minimum atomic E-state index is -0.542. The van der Waals surface area contributed by atoms with E-state index in [0.29, 0.717) is 12.0 Å². The van der Waals surface area contributed by atoms with Crippen molar-refractivity contribution in [2.75, 3.05) is 7.05 Å². The molecule has 0 spiro atoms. The summed E-state index contributed by atoms with van der Waals surface area (Å²) in [4.78, 5) is 0. The smallest absolute Gasteiger partial charge is 0.126 e. The number of halogens is 3. The minimum absolute atomic E-state index is 0.00750. The van der Waals surface area contributed by atoms with Crippen LogP contribution in [-0.2, 0) is 6.42 Å². The van der Waals surface area contributed by atoms with Crippen LogP contribution in [0.5, 0.6) is 0 Å². The number of aryl methyl sites for hydroxylation is 1. The summed E-state index contributed by atoms with van der Waals surface area (Å²) in [6.45, 7) is 2.02. The van der Waals surface area contributed by atoms with Gasteiger partial charge < -0.3 is 5.32 Å². The highest BCUT2D eigenvalue weighted by Crippen LogP contribution is 2.24. The Bertz CT molecular complexity index is 593. The first-order chi connectivity index (χ1) is 9.49. The Morgan fingerprint density at radius 1 is 1.10 bits per heavy atom. The quantitative estimate of drug-likeness (QED) is 0.862. The van der Waals surface area contributed by atoms with Gasteiger partial charge in [-0.1, -0.05) is 28.1 Å². The fourth-order valence-corrected chi connectivity index (χ4v) is 2.57. The fourth-order valence-electron chi connectivity index (χ4n) is 2.18. The molecule has 0 saturated carbocycles. The van der Waals surface area contributed by atoms with Crippen molar-refractivity contribution in [2.24, 2.45) is 0 Å². The second-order valence-corrected chi connectivity index (χ2v) is 5.69. The van der Waals surface area contributed by atoms with Crippen molar-refractivity contribution >= 4 is 15.9 Å². The third-order valence-electron chi connectivity index (χ3n) is 3.31. The molecule has 0 aliphatic carbocycles. The van der Waals surface area contributed by atoms with Gasteiger partial charge in [-0.05, 0) is 55.3 Å². The molecule has 0 heterocycles. The summed E-state index contributed by atoms with van der Waals surface area (Å²) in [7, 11) is 1.84. The van der Waals surface area contributed by atoms with E-state index in [2.05, 4.69) is 21.2 Å². The Morgan fingerprint density at radius 3 is 2.30 bits per heavy atom. The molecule has 20 heavy (non-hydrogen) atoms. The lowest BCUT2D eigenvalue weighted by atomic mass is 9.98. The SMILES string of the molecule is CNC(Cc1cc(F)cc(F)c1)c1ccc(C)c(Br)c1. The van der Waals surface area contributed by atoms with Crippen LogP contribution in [0.1, 0.15) is 22.7 Å². The predicted octanol–water partition coefficient (Wildman–Crippen LogP) is 4.54. The van der Waals surface area contributed by atoms with Crippen LogP contribution in [0.25, 0.3) is 0 Å². The maximum atomic E-state index is 13.2. The Kier molecular flexibility index (Phi) is 4.89. The van der Waals surface area contributed by atoms with Crippen LogP contribution in [0, 0.1) is 18.6 Å². The van der Waals surface area contributed by atoms with E-state index >= 15 is 0 Å². The van der Waals surface area contributed by atoms with Gasteiger partial charge in [0.2, 0.25) is 0 Å². The van der Waals surface area contributed by atoms with Crippen molar-refractivity contribution in [1.29, 1.82) is 0 Å². The molecule has 1 unspecified atom stereocenters. The van der Waals surface area contributed by atoms with E-state index in [9.17, 15) is 8.78 Å². The molecule has 1 N–H and O–H groups in total. The van der Waals surface area contributed by atoms with Crippen LogP contribution in [0.3, 0.4) is 0 Å². The zero-order valence-corrected chi connectivity index (χ0v) is 13.0. The number of nitrogens with one attached hydrogen (secondary N) is 1. The molecule has 0 bridgehead atoms. The number of benzene rings is 2. The zero-order valence-electron chi connectivity index (χ0n) is 11.4. The fraction of sp³-hybridized carbons (Fsp3) is 0.250. The van der Waals surface area contributed by atoms with Crippen molar-refractivity contribution < 1.29 is 8.78 Å². The lowest BCUT2D eigenvalue weighted by Gasteiger charge is -2.18. The molecule has 0 aliphatic rings. The van der Waals surface area contributed by atoms with Gasteiger partial charge in [-0.3, -0.25) is 0 Å². The standard InChI is InChI=1S/C16H16BrF2N/c1-10-3-4-12(8-15(10)17)16(20-2)7-11-5-13(18)9-14(19)6-11/h3-6,8-9,16,20H,7H2,1-2H3. The van der Waals surface area contributed by atoms with Crippen LogP contribution in [-0.4, -0.2) is 7.05 Å². The number of likely N-dealkylation sites (N-methyl/N-ethyl adjacent to an activating group) is 1. The predicted molar refractivity (Wildman–Crippen MR) is 80.7 cm³/mol. The van der Waals surface area contributed by atoms with Gasteiger partial charge in [-0.25, -0.2) is 8.78 Å². The Morgan fingerprint density at radius 2 is 1.75 bits per heavy atom. The summed E-state index contributed by atoms with van der Waals surface area (Å²) in [5.41, 5.74) is 2.87. The topological polar surface area (TPSA) is 12.0 Å². The summed E-state index contributed by atoms with van der Waals surface area (Å²) in [6, 6.07) is 9.72. The van der Waals surface area contributed by atoms with E-state index in [1.165, 1.54) is 12.1 Å². The monoisotopic (exact) mass is 339 g/mol. The van der Waals surface area contributed by atoms with Crippen molar-refractivity contribution in [3.63, 3.8) is 0 Å². The summed E-state index contributed by atoms with van der Waals surface area (Å²) < 4.78 is 27.5. The first-order valence-electron chi connectivity index (χ1n) is 6.38. The number of hydrogen-bond acceptors (Lipinski definition) is 1. The summed E-state index contributed by atoms with van der Waals surface area (Å²) in [5, 5.41) is 3.19. The molecule has 0 radical (unpaired) electrons. The summed E-state index contributed by atoms with van der Waals surface area (Å²) >= 11 is 3.50. The Labute approximate surface area is 126 Å². The van der Waals surface area contributed by atoms with Crippen molar-refractivity contribution in [3.05, 3.63) is 69.2 Å². The van der Waals surface area contributed by atoms with Crippen molar-refractivity contribution in [1.82, 2.24) is 5.32 Å². The first-order valence-corrected chi connectivity index (χ1v) is 7.17. The molecule has 1 atom stereocenters. The van der Waals surface area contributed by atoms with Crippen LogP contribution < -0.4 is 5.32 Å². The van der Waals surface area contributed by atoms with Crippen LogP contribution >= 0.6 is 15.9 Å². The lowest BCUT2D eigenvalue weighted by molar-refractivity contribution is 0.562. The van der Waals surface area contributed by atoms with Crippen LogP contribution in [0.15, 0.2) is 40.9 Å². The second kappa shape index (κ2) is 6.46. The van der Waals surface area contributed by atoms with Gasteiger partial charge in [0, 0.05) is 16.6 Å². The van der Waals surface area contributed by atoms with E-state index < -0.39 is 11.6 Å². The van der Waals surface area contributed by atoms with E-state index in [1.807, 2.05) is 32.2 Å². The molecule has 0 saturated heterocycles. The van der Waals surface area contributed by atoms with Gasteiger partial charge in [0.1, 0.15) is 11.6 Å². The van der Waals surface area contributed by atoms with Gasteiger partial charge in [0.05, 0.1) is 0 Å². The molecule has 0 fully saturated rings. The summed E-state index contributed by atoms with van der Waals surface area (Å²) in [6.07, 6.45) is 0.528. The average molecular weight is 340 g/mol. The lowest BCUT2D eigenvalue weighted by Crippen LogP contribution is -2.19. The number of hydrogen-bond donors (Lipinski definition) is 1. The Balaban J connectivity index is 2.26.